The third-order valence-electron chi connectivity index (χ3n) is 3.47. The average Bonchev–Trinajstić information content (AvgIpc) is 2.60. The maximum atomic E-state index is 13.0. The van der Waals surface area contributed by atoms with Crippen LogP contribution in [-0.2, 0) is 23.1 Å². The molecular weight excluding hydrogens is 430 g/mol. The molecule has 5 nitrogen and oxygen atoms in total. The van der Waals surface area contributed by atoms with Crippen LogP contribution in [0.15, 0.2) is 42.5 Å². The van der Waals surface area contributed by atoms with Crippen molar-refractivity contribution >= 4 is 16.4 Å². The summed E-state index contributed by atoms with van der Waals surface area (Å²) < 4.78 is 109. The fourth-order valence-corrected chi connectivity index (χ4v) is 2.73. The molecule has 0 atom stereocenters. The van der Waals surface area contributed by atoms with Crippen molar-refractivity contribution in [1.82, 2.24) is 0 Å². The van der Waals surface area contributed by atoms with Gasteiger partial charge in [-0.15, -0.1) is 0 Å². The van der Waals surface area contributed by atoms with Gasteiger partial charge in [0.15, 0.2) is 12.0 Å². The number of halogens is 6. The molecular formula is C17H12F6O5S. The average molecular weight is 442 g/mol. The lowest BCUT2D eigenvalue weighted by molar-refractivity contribution is -0.127. The van der Waals surface area contributed by atoms with E-state index in [1.54, 1.807) is 30.3 Å². The van der Waals surface area contributed by atoms with Crippen molar-refractivity contribution in [3.63, 3.8) is 0 Å². The molecule has 0 amide bonds. The van der Waals surface area contributed by atoms with Gasteiger partial charge in [-0.05, 0) is 17.7 Å². The van der Waals surface area contributed by atoms with Crippen LogP contribution in [0.25, 0.3) is 0 Å². The minimum Gasteiger partial charge on any atom is -0.488 e. The molecule has 0 bridgehead atoms. The highest BCUT2D eigenvalue weighted by molar-refractivity contribution is 7.88. The summed E-state index contributed by atoms with van der Waals surface area (Å²) in [5.41, 5.74) is -7.26. The van der Waals surface area contributed by atoms with Gasteiger partial charge in [0.25, 0.3) is 0 Å². The van der Waals surface area contributed by atoms with E-state index in [1.807, 2.05) is 0 Å². The summed E-state index contributed by atoms with van der Waals surface area (Å²) in [5, 5.41) is 0. The molecule has 0 saturated heterocycles. The SMILES string of the molecule is O=Cc1ccc(OCc2ccccc2)c(CC(F)(F)F)c1OS(=O)(=O)C(F)(F)F. The third-order valence-corrected chi connectivity index (χ3v) is 4.42. The smallest absolute Gasteiger partial charge is 0.488 e. The van der Waals surface area contributed by atoms with Gasteiger partial charge in [0.05, 0.1) is 12.0 Å². The molecule has 29 heavy (non-hydrogen) atoms. The Morgan fingerprint density at radius 3 is 2.07 bits per heavy atom. The number of rotatable bonds is 7. The van der Waals surface area contributed by atoms with Crippen molar-refractivity contribution in [2.24, 2.45) is 0 Å². The Morgan fingerprint density at radius 2 is 1.55 bits per heavy atom. The monoisotopic (exact) mass is 442 g/mol. The Kier molecular flexibility index (Phi) is 6.46. The highest BCUT2D eigenvalue weighted by atomic mass is 32.2. The second kappa shape index (κ2) is 8.31. The molecule has 0 unspecified atom stereocenters. The highest BCUT2D eigenvalue weighted by Crippen LogP contribution is 2.39. The summed E-state index contributed by atoms with van der Waals surface area (Å²) in [6.07, 6.45) is -6.98. The van der Waals surface area contributed by atoms with E-state index in [1.165, 1.54) is 0 Å². The van der Waals surface area contributed by atoms with E-state index in [2.05, 4.69) is 4.18 Å². The van der Waals surface area contributed by atoms with Gasteiger partial charge >= 0.3 is 21.8 Å². The van der Waals surface area contributed by atoms with Gasteiger partial charge in [-0.2, -0.15) is 34.8 Å². The Balaban J connectivity index is 2.55. The van der Waals surface area contributed by atoms with Gasteiger partial charge in [-0.25, -0.2) is 0 Å². The van der Waals surface area contributed by atoms with Crippen molar-refractivity contribution in [3.05, 3.63) is 59.2 Å². The van der Waals surface area contributed by atoms with Gasteiger partial charge in [0.2, 0.25) is 0 Å². The van der Waals surface area contributed by atoms with Gasteiger partial charge in [-0.3, -0.25) is 4.79 Å². The molecule has 2 aromatic carbocycles. The van der Waals surface area contributed by atoms with E-state index in [9.17, 15) is 39.6 Å². The van der Waals surface area contributed by atoms with E-state index in [0.717, 1.165) is 12.1 Å². The van der Waals surface area contributed by atoms with Crippen LogP contribution in [0.1, 0.15) is 21.5 Å². The number of ether oxygens (including phenoxy) is 1. The van der Waals surface area contributed by atoms with Crippen LogP contribution in [0.5, 0.6) is 11.5 Å². The summed E-state index contributed by atoms with van der Waals surface area (Å²) in [5.74, 6) is -1.97. The number of carbonyl (C=O) groups excluding carboxylic acids is 1. The van der Waals surface area contributed by atoms with E-state index >= 15 is 0 Å². The number of hydrogen-bond acceptors (Lipinski definition) is 5. The molecule has 158 valence electrons. The molecule has 0 aliphatic carbocycles. The predicted octanol–water partition coefficient (Wildman–Crippen LogP) is 4.41. The van der Waals surface area contributed by atoms with Crippen LogP contribution in [0.4, 0.5) is 26.3 Å². The lowest BCUT2D eigenvalue weighted by Gasteiger charge is -2.19. The number of hydrogen-bond donors (Lipinski definition) is 0. The Bertz CT molecular complexity index is 968. The van der Waals surface area contributed by atoms with Crippen molar-refractivity contribution in [3.8, 4) is 11.5 Å². The Labute approximate surface area is 161 Å². The number of carbonyl (C=O) groups is 1. The highest BCUT2D eigenvalue weighted by Gasteiger charge is 2.49. The lowest BCUT2D eigenvalue weighted by atomic mass is 10.0. The van der Waals surface area contributed by atoms with Crippen molar-refractivity contribution in [2.45, 2.75) is 24.7 Å². The van der Waals surface area contributed by atoms with Crippen molar-refractivity contribution in [2.75, 3.05) is 0 Å². The van der Waals surface area contributed by atoms with E-state index < -0.39 is 50.8 Å². The minimum atomic E-state index is -6.33. The normalized spacial score (nSPS) is 12.5. The fourth-order valence-electron chi connectivity index (χ4n) is 2.21. The summed E-state index contributed by atoms with van der Waals surface area (Å²) in [4.78, 5) is 11.1. The standard InChI is InChI=1S/C17H12F6O5S/c18-16(19,20)8-13-14(27-10-11-4-2-1-3-5-11)7-6-12(9-24)15(13)28-29(25,26)17(21,22)23/h1-7,9H,8,10H2. The zero-order valence-corrected chi connectivity index (χ0v) is 15.1. The van der Waals surface area contributed by atoms with Crippen LogP contribution in [0, 0.1) is 0 Å². The maximum Gasteiger partial charge on any atom is 0.534 e. The number of aldehydes is 1. The molecule has 0 fully saturated rings. The molecule has 0 aliphatic heterocycles. The molecule has 2 aromatic rings. The van der Waals surface area contributed by atoms with Crippen LogP contribution in [-0.4, -0.2) is 26.4 Å². The third kappa shape index (κ3) is 5.86. The number of benzene rings is 2. The van der Waals surface area contributed by atoms with Gasteiger partial charge in [-0.1, -0.05) is 30.3 Å². The summed E-state index contributed by atoms with van der Waals surface area (Å²) in [7, 11) is -6.33. The quantitative estimate of drug-likeness (QED) is 0.275. The minimum absolute atomic E-state index is 0.123. The lowest BCUT2D eigenvalue weighted by Crippen LogP contribution is -2.29. The van der Waals surface area contributed by atoms with Crippen LogP contribution in [0.2, 0.25) is 0 Å². The zero-order chi connectivity index (χ0) is 21.9. The summed E-state index contributed by atoms with van der Waals surface area (Å²) >= 11 is 0. The summed E-state index contributed by atoms with van der Waals surface area (Å²) in [6, 6.07) is 9.79. The predicted molar refractivity (Wildman–Crippen MR) is 88.0 cm³/mol. The van der Waals surface area contributed by atoms with Crippen LogP contribution < -0.4 is 8.92 Å². The first-order valence-corrected chi connectivity index (χ1v) is 9.10. The maximum absolute atomic E-state index is 13.0. The first-order valence-electron chi connectivity index (χ1n) is 7.69. The largest absolute Gasteiger partial charge is 0.534 e. The topological polar surface area (TPSA) is 69.7 Å². The first kappa shape index (κ1) is 22.5. The Morgan fingerprint density at radius 1 is 0.931 bits per heavy atom. The second-order valence-corrected chi connectivity index (χ2v) is 7.17. The molecule has 0 spiro atoms. The Hall–Kier alpha value is -2.76. The zero-order valence-electron chi connectivity index (χ0n) is 14.3. The fraction of sp³-hybridized carbons (Fsp3) is 0.235. The van der Waals surface area contributed by atoms with Gasteiger partial charge in [0.1, 0.15) is 12.4 Å². The number of alkyl halides is 6. The van der Waals surface area contributed by atoms with Crippen molar-refractivity contribution < 1.29 is 48.5 Å². The molecule has 12 heteroatoms. The van der Waals surface area contributed by atoms with Crippen molar-refractivity contribution in [1.29, 1.82) is 0 Å². The van der Waals surface area contributed by atoms with Crippen LogP contribution >= 0.6 is 0 Å². The van der Waals surface area contributed by atoms with E-state index in [-0.39, 0.29) is 12.9 Å². The van der Waals surface area contributed by atoms with Gasteiger partial charge in [0, 0.05) is 5.56 Å². The van der Waals surface area contributed by atoms with E-state index in [4.69, 9.17) is 4.74 Å². The second-order valence-electron chi connectivity index (χ2n) is 5.63. The van der Waals surface area contributed by atoms with Gasteiger partial charge < -0.3 is 8.92 Å². The molecule has 0 heterocycles. The summed E-state index contributed by atoms with van der Waals surface area (Å²) in [6.45, 7) is -0.266. The molecule has 2 rings (SSSR count). The first-order chi connectivity index (χ1) is 13.3. The molecule has 0 aliphatic rings. The molecule has 0 aromatic heterocycles. The molecule has 0 radical (unpaired) electrons. The molecule has 0 N–H and O–H groups in total. The van der Waals surface area contributed by atoms with Crippen LogP contribution in [0.3, 0.4) is 0 Å². The molecule has 0 saturated carbocycles. The van der Waals surface area contributed by atoms with E-state index in [0.29, 0.717) is 5.56 Å².